The van der Waals surface area contributed by atoms with Crippen molar-refractivity contribution in [2.75, 3.05) is 11.8 Å². The summed E-state index contributed by atoms with van der Waals surface area (Å²) in [7, 11) is -2.71. The number of sulfonamides is 1. The molecule has 3 aromatic rings. The molecule has 0 fully saturated rings. The topological polar surface area (TPSA) is 131 Å². The molecule has 0 heterocycles. The summed E-state index contributed by atoms with van der Waals surface area (Å²) in [5.41, 5.74) is -0.690. The number of carboxylic acid groups (broad SMARTS) is 1. The van der Waals surface area contributed by atoms with E-state index in [2.05, 4.69) is 10.0 Å². The van der Waals surface area contributed by atoms with E-state index in [0.717, 1.165) is 12.1 Å². The maximum Gasteiger partial charge on any atom is 0.307 e. The molecule has 0 aliphatic carbocycles. The molecule has 3 rings (SSSR count). The van der Waals surface area contributed by atoms with Crippen molar-refractivity contribution in [1.29, 1.82) is 0 Å². The van der Waals surface area contributed by atoms with Crippen LogP contribution in [0, 0.1) is 5.82 Å². The lowest BCUT2D eigenvalue weighted by molar-refractivity contribution is -0.136. The molecule has 0 aliphatic heterocycles. The summed E-state index contributed by atoms with van der Waals surface area (Å²) in [6.07, 6.45) is -0.587. The highest BCUT2D eigenvalue weighted by molar-refractivity contribution is 7.92. The van der Waals surface area contributed by atoms with E-state index in [9.17, 15) is 22.4 Å². The van der Waals surface area contributed by atoms with Crippen LogP contribution in [0.1, 0.15) is 36.7 Å². The Labute approximate surface area is 224 Å². The van der Waals surface area contributed by atoms with Crippen molar-refractivity contribution < 1.29 is 37.0 Å². The smallest absolute Gasteiger partial charge is 0.307 e. The largest absolute Gasteiger partial charge is 0.497 e. The van der Waals surface area contributed by atoms with Gasteiger partial charge in [-0.1, -0.05) is 11.6 Å². The van der Waals surface area contributed by atoms with Gasteiger partial charge in [0.05, 0.1) is 29.1 Å². The Balaban J connectivity index is 2.04. The summed E-state index contributed by atoms with van der Waals surface area (Å²) in [6.45, 7) is 5.38. The van der Waals surface area contributed by atoms with Crippen molar-refractivity contribution in [2.45, 2.75) is 37.6 Å². The first-order valence-electron chi connectivity index (χ1n) is 11.2. The lowest BCUT2D eigenvalue weighted by Crippen LogP contribution is -2.40. The van der Waals surface area contributed by atoms with Gasteiger partial charge in [0.1, 0.15) is 17.3 Å². The number of benzene rings is 3. The highest BCUT2D eigenvalue weighted by Crippen LogP contribution is 2.37. The lowest BCUT2D eigenvalue weighted by Gasteiger charge is -2.21. The molecular weight excluding hydrogens is 539 g/mol. The first-order chi connectivity index (χ1) is 17.7. The summed E-state index contributed by atoms with van der Waals surface area (Å²) in [6, 6.07) is 11.7. The molecule has 0 aromatic heterocycles. The number of halogens is 2. The van der Waals surface area contributed by atoms with Crippen molar-refractivity contribution in [3.05, 3.63) is 76.6 Å². The first-order valence-corrected chi connectivity index (χ1v) is 13.1. The second-order valence-corrected chi connectivity index (χ2v) is 11.3. The average molecular weight is 565 g/mol. The number of ether oxygens (including phenoxy) is 2. The third kappa shape index (κ3) is 7.36. The fraction of sp³-hybridized carbons (Fsp3) is 0.231. The molecule has 0 saturated heterocycles. The van der Waals surface area contributed by atoms with E-state index in [1.165, 1.54) is 49.6 Å². The third-order valence-electron chi connectivity index (χ3n) is 5.01. The summed E-state index contributed by atoms with van der Waals surface area (Å²) >= 11 is 6.20. The van der Waals surface area contributed by atoms with Gasteiger partial charge in [-0.05, 0) is 69.3 Å². The zero-order valence-electron chi connectivity index (χ0n) is 21.0. The van der Waals surface area contributed by atoms with Gasteiger partial charge < -0.3 is 19.9 Å². The van der Waals surface area contributed by atoms with Gasteiger partial charge in [-0.2, -0.15) is 0 Å². The number of rotatable bonds is 9. The van der Waals surface area contributed by atoms with Crippen LogP contribution >= 0.6 is 11.6 Å². The number of hydrogen-bond donors (Lipinski definition) is 3. The molecule has 0 unspecified atom stereocenters. The quantitative estimate of drug-likeness (QED) is 0.324. The molecule has 0 aliphatic rings. The molecule has 38 heavy (non-hydrogen) atoms. The van der Waals surface area contributed by atoms with Gasteiger partial charge in [0.15, 0.2) is 5.75 Å². The molecule has 9 nitrogen and oxygen atoms in total. The summed E-state index contributed by atoms with van der Waals surface area (Å²) < 4.78 is 54.0. The number of amides is 1. The molecule has 0 atom stereocenters. The van der Waals surface area contributed by atoms with Crippen LogP contribution in [0.2, 0.25) is 5.02 Å². The third-order valence-corrected chi connectivity index (χ3v) is 6.68. The van der Waals surface area contributed by atoms with E-state index in [1.54, 1.807) is 20.8 Å². The van der Waals surface area contributed by atoms with Crippen LogP contribution in [0.5, 0.6) is 17.2 Å². The van der Waals surface area contributed by atoms with Gasteiger partial charge in [-0.3, -0.25) is 14.3 Å². The van der Waals surface area contributed by atoms with Crippen LogP contribution in [0.15, 0.2) is 59.5 Å². The highest BCUT2D eigenvalue weighted by atomic mass is 35.5. The zero-order valence-corrected chi connectivity index (χ0v) is 22.5. The molecule has 0 saturated carbocycles. The van der Waals surface area contributed by atoms with E-state index in [0.29, 0.717) is 5.75 Å². The Morgan fingerprint density at radius 1 is 1.03 bits per heavy atom. The van der Waals surface area contributed by atoms with Crippen molar-refractivity contribution in [3.8, 4) is 17.2 Å². The van der Waals surface area contributed by atoms with E-state index in [4.69, 9.17) is 26.2 Å². The van der Waals surface area contributed by atoms with Crippen molar-refractivity contribution >= 4 is 39.2 Å². The Kier molecular flexibility index (Phi) is 8.53. The zero-order chi connectivity index (χ0) is 28.3. The van der Waals surface area contributed by atoms with E-state index >= 15 is 0 Å². The van der Waals surface area contributed by atoms with E-state index in [1.807, 2.05) is 0 Å². The molecule has 12 heteroatoms. The van der Waals surface area contributed by atoms with Gasteiger partial charge in [-0.15, -0.1) is 0 Å². The highest BCUT2D eigenvalue weighted by Gasteiger charge is 2.22. The van der Waals surface area contributed by atoms with Crippen LogP contribution in [0.4, 0.5) is 10.1 Å². The maximum atomic E-state index is 14.5. The van der Waals surface area contributed by atoms with Gasteiger partial charge in [0.25, 0.3) is 15.9 Å². The Morgan fingerprint density at radius 3 is 2.26 bits per heavy atom. The number of nitrogens with one attached hydrogen (secondary N) is 2. The number of carbonyl (C=O) groups is 2. The molecule has 1 amide bonds. The molecule has 3 N–H and O–H groups in total. The fourth-order valence-electron chi connectivity index (χ4n) is 3.28. The average Bonchev–Trinajstić information content (AvgIpc) is 2.81. The monoisotopic (exact) mass is 564 g/mol. The molecular formula is C26H26ClFN2O7S. The molecule has 0 radical (unpaired) electrons. The first kappa shape index (κ1) is 28.7. The second kappa shape index (κ2) is 11.3. The predicted molar refractivity (Wildman–Crippen MR) is 140 cm³/mol. The minimum absolute atomic E-state index is 0.0818. The SMILES string of the molecule is COc1ccc(S(=O)(=O)Nc2cc(C(=O)NC(C)(C)C)ccc2Oc2cc(F)c(CC(=O)O)cc2Cl)cc1. The minimum Gasteiger partial charge on any atom is -0.497 e. The number of carbonyl (C=O) groups excluding carboxylic acids is 1. The Hall–Kier alpha value is -3.83. The van der Waals surface area contributed by atoms with E-state index < -0.39 is 39.7 Å². The molecule has 0 bridgehead atoms. The fourth-order valence-corrected chi connectivity index (χ4v) is 4.56. The Bertz CT molecular complexity index is 1470. The number of methoxy groups -OCH3 is 1. The number of anilines is 1. The molecule has 202 valence electrons. The van der Waals surface area contributed by atoms with Gasteiger partial charge in [0.2, 0.25) is 0 Å². The molecule has 0 spiro atoms. The van der Waals surface area contributed by atoms with Crippen LogP contribution in [0.3, 0.4) is 0 Å². The van der Waals surface area contributed by atoms with Gasteiger partial charge in [-0.25, -0.2) is 12.8 Å². The van der Waals surface area contributed by atoms with Crippen LogP contribution in [-0.2, 0) is 21.2 Å². The number of hydrogen-bond acceptors (Lipinski definition) is 6. The number of aliphatic carboxylic acids is 1. The second-order valence-electron chi connectivity index (χ2n) is 9.24. The lowest BCUT2D eigenvalue weighted by atomic mass is 10.1. The summed E-state index contributed by atoms with van der Waals surface area (Å²) in [5.74, 6) is -2.38. The van der Waals surface area contributed by atoms with Crippen molar-refractivity contribution in [3.63, 3.8) is 0 Å². The van der Waals surface area contributed by atoms with E-state index in [-0.39, 0.29) is 38.2 Å². The summed E-state index contributed by atoms with van der Waals surface area (Å²) in [4.78, 5) is 23.6. The maximum absolute atomic E-state index is 14.5. The minimum atomic E-state index is -4.16. The number of carboxylic acids is 1. The van der Waals surface area contributed by atoms with Gasteiger partial charge >= 0.3 is 5.97 Å². The normalized spacial score (nSPS) is 11.5. The van der Waals surface area contributed by atoms with Crippen LogP contribution in [0.25, 0.3) is 0 Å². The van der Waals surface area contributed by atoms with Crippen LogP contribution < -0.4 is 19.5 Å². The molecule has 3 aromatic carbocycles. The predicted octanol–water partition coefficient (Wildman–Crippen LogP) is 5.24. The van der Waals surface area contributed by atoms with Crippen molar-refractivity contribution in [1.82, 2.24) is 5.32 Å². The Morgan fingerprint density at radius 2 is 1.68 bits per heavy atom. The van der Waals surface area contributed by atoms with Gasteiger partial charge in [0, 0.05) is 22.7 Å². The standard InChI is InChI=1S/C26H26ClFN2O7S/c1-26(2,3)29-25(33)15-5-10-22(37-23-14-20(28)16(11-19(23)27)13-24(31)32)21(12-15)30-38(34,35)18-8-6-17(36-4)7-9-18/h5-12,14,30H,13H2,1-4H3,(H,29,33)(H,31,32). The summed E-state index contributed by atoms with van der Waals surface area (Å²) in [5, 5.41) is 11.6. The van der Waals surface area contributed by atoms with Crippen molar-refractivity contribution in [2.24, 2.45) is 0 Å². The van der Waals surface area contributed by atoms with Crippen LogP contribution in [-0.4, -0.2) is 38.0 Å².